The molecule has 0 aliphatic carbocycles. The molecule has 1 aromatic heterocycles. The molecule has 3 aromatic rings. The highest BCUT2D eigenvalue weighted by molar-refractivity contribution is 6.31. The SMILES string of the molecule is Cc1cc(OCc2n[nH]c(=O)n2C)c(-c2ccccc2)cc1Cl. The van der Waals surface area contributed by atoms with Crippen molar-refractivity contribution in [3.05, 3.63) is 69.4 Å². The van der Waals surface area contributed by atoms with Crippen molar-refractivity contribution in [2.75, 3.05) is 0 Å². The van der Waals surface area contributed by atoms with Crippen molar-refractivity contribution in [1.82, 2.24) is 14.8 Å². The number of nitrogens with one attached hydrogen (secondary N) is 1. The Morgan fingerprint density at radius 3 is 2.65 bits per heavy atom. The molecule has 0 bridgehead atoms. The van der Waals surface area contributed by atoms with Crippen LogP contribution in [0.3, 0.4) is 0 Å². The van der Waals surface area contributed by atoms with Gasteiger partial charge in [0.2, 0.25) is 0 Å². The van der Waals surface area contributed by atoms with Crippen LogP contribution in [0.25, 0.3) is 11.1 Å². The molecule has 2 aromatic carbocycles. The van der Waals surface area contributed by atoms with Crippen LogP contribution in [0, 0.1) is 6.92 Å². The first-order valence-electron chi connectivity index (χ1n) is 7.15. The van der Waals surface area contributed by atoms with E-state index in [1.54, 1.807) is 7.05 Å². The second kappa shape index (κ2) is 6.30. The number of aromatic nitrogens is 3. The Morgan fingerprint density at radius 1 is 1.26 bits per heavy atom. The van der Waals surface area contributed by atoms with Gasteiger partial charge in [0.1, 0.15) is 12.4 Å². The molecular formula is C17H16ClN3O2. The molecule has 0 spiro atoms. The number of H-pyrrole nitrogens is 1. The standard InChI is InChI=1S/C17H16ClN3O2/c1-11-8-15(23-10-16-19-20-17(22)21(16)2)13(9-14(11)18)12-6-4-3-5-7-12/h3-9H,10H2,1-2H3,(H,20,22). The molecule has 0 radical (unpaired) electrons. The highest BCUT2D eigenvalue weighted by atomic mass is 35.5. The van der Waals surface area contributed by atoms with Crippen molar-refractivity contribution < 1.29 is 4.74 Å². The highest BCUT2D eigenvalue weighted by Gasteiger charge is 2.12. The first-order chi connectivity index (χ1) is 11.1. The summed E-state index contributed by atoms with van der Waals surface area (Å²) in [6.45, 7) is 2.12. The van der Waals surface area contributed by atoms with Gasteiger partial charge in [0, 0.05) is 17.6 Å². The smallest absolute Gasteiger partial charge is 0.343 e. The first kappa shape index (κ1) is 15.4. The van der Waals surface area contributed by atoms with E-state index in [1.807, 2.05) is 49.4 Å². The number of hydrogen-bond donors (Lipinski definition) is 1. The average Bonchev–Trinajstić information content (AvgIpc) is 2.88. The lowest BCUT2D eigenvalue weighted by Gasteiger charge is -2.13. The van der Waals surface area contributed by atoms with Crippen LogP contribution in [0.5, 0.6) is 5.75 Å². The predicted octanol–water partition coefficient (Wildman–Crippen LogP) is 3.32. The van der Waals surface area contributed by atoms with Crippen LogP contribution < -0.4 is 10.4 Å². The van der Waals surface area contributed by atoms with Crippen molar-refractivity contribution >= 4 is 11.6 Å². The number of benzene rings is 2. The second-order valence-electron chi connectivity index (χ2n) is 5.26. The predicted molar refractivity (Wildman–Crippen MR) is 89.8 cm³/mol. The maximum Gasteiger partial charge on any atom is 0.343 e. The molecule has 3 rings (SSSR count). The van der Waals surface area contributed by atoms with Gasteiger partial charge in [0.25, 0.3) is 0 Å². The molecule has 0 unspecified atom stereocenters. The minimum absolute atomic E-state index is 0.191. The van der Waals surface area contributed by atoms with Gasteiger partial charge in [0.05, 0.1) is 0 Å². The van der Waals surface area contributed by atoms with Crippen molar-refractivity contribution in [2.45, 2.75) is 13.5 Å². The fourth-order valence-corrected chi connectivity index (χ4v) is 2.43. The summed E-state index contributed by atoms with van der Waals surface area (Å²) in [6.07, 6.45) is 0. The van der Waals surface area contributed by atoms with E-state index >= 15 is 0 Å². The summed E-state index contributed by atoms with van der Waals surface area (Å²) in [5.41, 5.74) is 2.58. The zero-order valence-corrected chi connectivity index (χ0v) is 13.6. The van der Waals surface area contributed by atoms with E-state index in [0.717, 1.165) is 16.7 Å². The second-order valence-corrected chi connectivity index (χ2v) is 5.66. The van der Waals surface area contributed by atoms with Gasteiger partial charge in [-0.25, -0.2) is 9.89 Å². The van der Waals surface area contributed by atoms with Crippen LogP contribution >= 0.6 is 11.6 Å². The lowest BCUT2D eigenvalue weighted by Crippen LogP contribution is -2.15. The van der Waals surface area contributed by atoms with Gasteiger partial charge >= 0.3 is 5.69 Å². The third-order valence-corrected chi connectivity index (χ3v) is 4.08. The van der Waals surface area contributed by atoms with E-state index in [9.17, 15) is 4.79 Å². The van der Waals surface area contributed by atoms with Crippen LogP contribution in [-0.4, -0.2) is 14.8 Å². The van der Waals surface area contributed by atoms with E-state index in [4.69, 9.17) is 16.3 Å². The monoisotopic (exact) mass is 329 g/mol. The van der Waals surface area contributed by atoms with Gasteiger partial charge in [-0.05, 0) is 30.2 Å². The number of hydrogen-bond acceptors (Lipinski definition) is 3. The molecule has 0 aliphatic rings. The normalized spacial score (nSPS) is 10.7. The van der Waals surface area contributed by atoms with Gasteiger partial charge < -0.3 is 4.74 Å². The summed E-state index contributed by atoms with van der Waals surface area (Å²) in [5, 5.41) is 7.03. The van der Waals surface area contributed by atoms with Crippen LogP contribution in [0.15, 0.2) is 47.3 Å². The van der Waals surface area contributed by atoms with Gasteiger partial charge in [-0.2, -0.15) is 5.10 Å². The summed E-state index contributed by atoms with van der Waals surface area (Å²) >= 11 is 6.26. The molecule has 0 atom stereocenters. The van der Waals surface area contributed by atoms with Crippen molar-refractivity contribution in [3.8, 4) is 16.9 Å². The molecule has 1 heterocycles. The molecule has 0 saturated carbocycles. The third kappa shape index (κ3) is 3.14. The molecule has 0 amide bonds. The largest absolute Gasteiger partial charge is 0.485 e. The number of aromatic amines is 1. The van der Waals surface area contributed by atoms with E-state index < -0.39 is 0 Å². The van der Waals surface area contributed by atoms with Gasteiger partial charge in [-0.1, -0.05) is 41.9 Å². The lowest BCUT2D eigenvalue weighted by atomic mass is 10.0. The lowest BCUT2D eigenvalue weighted by molar-refractivity contribution is 0.292. The minimum atomic E-state index is -0.265. The summed E-state index contributed by atoms with van der Waals surface area (Å²) in [7, 11) is 1.65. The Morgan fingerprint density at radius 2 is 2.00 bits per heavy atom. The van der Waals surface area contributed by atoms with E-state index in [0.29, 0.717) is 16.6 Å². The molecule has 6 heteroatoms. The number of ether oxygens (including phenoxy) is 1. The van der Waals surface area contributed by atoms with E-state index in [-0.39, 0.29) is 12.3 Å². The van der Waals surface area contributed by atoms with Crippen molar-refractivity contribution in [2.24, 2.45) is 7.05 Å². The summed E-state index contributed by atoms with van der Waals surface area (Å²) in [5.74, 6) is 1.23. The van der Waals surface area contributed by atoms with Crippen LogP contribution in [-0.2, 0) is 13.7 Å². The molecule has 0 saturated heterocycles. The number of rotatable bonds is 4. The molecule has 0 fully saturated rings. The first-order valence-corrected chi connectivity index (χ1v) is 7.52. The molecule has 23 heavy (non-hydrogen) atoms. The summed E-state index contributed by atoms with van der Waals surface area (Å²) < 4.78 is 7.33. The maximum atomic E-state index is 11.4. The summed E-state index contributed by atoms with van der Waals surface area (Å²) in [6, 6.07) is 13.7. The van der Waals surface area contributed by atoms with Gasteiger partial charge in [0.15, 0.2) is 5.82 Å². The van der Waals surface area contributed by atoms with Crippen LogP contribution in [0.1, 0.15) is 11.4 Å². The number of halogens is 1. The van der Waals surface area contributed by atoms with E-state index in [1.165, 1.54) is 4.57 Å². The Hall–Kier alpha value is -2.53. The van der Waals surface area contributed by atoms with Crippen molar-refractivity contribution in [3.63, 3.8) is 0 Å². The quantitative estimate of drug-likeness (QED) is 0.798. The fourth-order valence-electron chi connectivity index (χ4n) is 2.27. The highest BCUT2D eigenvalue weighted by Crippen LogP contribution is 2.35. The molecular weight excluding hydrogens is 314 g/mol. The maximum absolute atomic E-state index is 11.4. The topological polar surface area (TPSA) is 59.9 Å². The average molecular weight is 330 g/mol. The van der Waals surface area contributed by atoms with Gasteiger partial charge in [-0.3, -0.25) is 4.57 Å². The summed E-state index contributed by atoms with van der Waals surface area (Å²) in [4.78, 5) is 11.4. The number of aryl methyl sites for hydroxylation is 1. The van der Waals surface area contributed by atoms with Crippen LogP contribution in [0.4, 0.5) is 0 Å². The van der Waals surface area contributed by atoms with Crippen molar-refractivity contribution in [1.29, 1.82) is 0 Å². The zero-order valence-electron chi connectivity index (χ0n) is 12.8. The molecule has 0 aliphatic heterocycles. The fraction of sp³-hybridized carbons (Fsp3) is 0.176. The molecule has 5 nitrogen and oxygen atoms in total. The Kier molecular flexibility index (Phi) is 4.21. The minimum Gasteiger partial charge on any atom is -0.485 e. The van der Waals surface area contributed by atoms with Gasteiger partial charge in [-0.15, -0.1) is 0 Å². The Balaban J connectivity index is 1.96. The Labute approximate surface area is 138 Å². The Bertz CT molecular complexity index is 885. The number of nitrogens with zero attached hydrogens (tertiary/aromatic N) is 2. The van der Waals surface area contributed by atoms with E-state index in [2.05, 4.69) is 10.2 Å². The molecule has 1 N–H and O–H groups in total. The van der Waals surface area contributed by atoms with Crippen LogP contribution in [0.2, 0.25) is 5.02 Å². The third-order valence-electron chi connectivity index (χ3n) is 3.67. The molecule has 118 valence electrons. The zero-order chi connectivity index (χ0) is 16.4.